The fourth-order valence-corrected chi connectivity index (χ4v) is 2.17. The van der Waals surface area contributed by atoms with Crippen LogP contribution in [-0.4, -0.2) is 25.4 Å². The maximum atomic E-state index is 13.8. The first-order valence-electron chi connectivity index (χ1n) is 6.44. The molecule has 1 aromatic rings. The summed E-state index contributed by atoms with van der Waals surface area (Å²) in [5.74, 6) is -0.00329. The molecule has 1 fully saturated rings. The zero-order valence-corrected chi connectivity index (χ0v) is 10.7. The van der Waals surface area contributed by atoms with Gasteiger partial charge in [0.1, 0.15) is 6.61 Å². The summed E-state index contributed by atoms with van der Waals surface area (Å²) in [5, 5.41) is 0. The highest BCUT2D eigenvalue weighted by molar-refractivity contribution is 5.35. The smallest absolute Gasteiger partial charge is 0.165 e. The normalized spacial score (nSPS) is 20.9. The quantitative estimate of drug-likeness (QED) is 0.875. The molecule has 3 nitrogen and oxygen atoms in total. The molecule has 2 atom stereocenters. The number of ether oxygens (including phenoxy) is 2. The second-order valence-corrected chi connectivity index (χ2v) is 4.86. The van der Waals surface area contributed by atoms with Gasteiger partial charge in [0.2, 0.25) is 0 Å². The van der Waals surface area contributed by atoms with Gasteiger partial charge in [0.05, 0.1) is 6.10 Å². The molecule has 18 heavy (non-hydrogen) atoms. The number of nitrogens with two attached hydrogens (primary N) is 1. The minimum Gasteiger partial charge on any atom is -0.488 e. The van der Waals surface area contributed by atoms with Crippen LogP contribution in [0, 0.1) is 5.82 Å². The van der Waals surface area contributed by atoms with E-state index < -0.39 is 0 Å². The van der Waals surface area contributed by atoms with Crippen molar-refractivity contribution in [2.75, 3.05) is 13.2 Å². The summed E-state index contributed by atoms with van der Waals surface area (Å²) in [6, 6.07) is 4.94. The van der Waals surface area contributed by atoms with E-state index in [9.17, 15) is 4.39 Å². The standard InChI is InChI=1S/C14H20FNO2/c1-10(16)8-11-4-2-6-13(15)14(11)18-9-12-5-3-7-17-12/h2,4,6,10,12H,3,5,7-9,16H2,1H3. The zero-order valence-electron chi connectivity index (χ0n) is 10.7. The molecule has 0 saturated carbocycles. The molecule has 0 radical (unpaired) electrons. The van der Waals surface area contributed by atoms with Gasteiger partial charge in [0.25, 0.3) is 0 Å². The average molecular weight is 253 g/mol. The second kappa shape index (κ2) is 6.16. The number of para-hydroxylation sites is 1. The Morgan fingerprint density at radius 2 is 2.39 bits per heavy atom. The highest BCUT2D eigenvalue weighted by Gasteiger charge is 2.18. The number of hydrogen-bond acceptors (Lipinski definition) is 3. The van der Waals surface area contributed by atoms with Crippen LogP contribution in [-0.2, 0) is 11.2 Å². The zero-order chi connectivity index (χ0) is 13.0. The Kier molecular flexibility index (Phi) is 4.55. The molecule has 100 valence electrons. The fraction of sp³-hybridized carbons (Fsp3) is 0.571. The molecular formula is C14H20FNO2. The Morgan fingerprint density at radius 3 is 3.06 bits per heavy atom. The van der Waals surface area contributed by atoms with Crippen LogP contribution in [0.3, 0.4) is 0 Å². The molecule has 4 heteroatoms. The van der Waals surface area contributed by atoms with Crippen LogP contribution in [0.25, 0.3) is 0 Å². The first kappa shape index (κ1) is 13.3. The average Bonchev–Trinajstić information content (AvgIpc) is 2.80. The highest BCUT2D eigenvalue weighted by Crippen LogP contribution is 2.25. The molecule has 2 N–H and O–H groups in total. The Labute approximate surface area is 107 Å². The van der Waals surface area contributed by atoms with Crippen molar-refractivity contribution in [3.8, 4) is 5.75 Å². The molecule has 0 aliphatic carbocycles. The predicted molar refractivity (Wildman–Crippen MR) is 68.2 cm³/mol. The molecular weight excluding hydrogens is 233 g/mol. The molecule has 0 amide bonds. The predicted octanol–water partition coefficient (Wildman–Crippen LogP) is 2.27. The molecule has 1 aliphatic heterocycles. The van der Waals surface area contributed by atoms with Gasteiger partial charge in [-0.1, -0.05) is 12.1 Å². The van der Waals surface area contributed by atoms with Crippen molar-refractivity contribution in [1.29, 1.82) is 0 Å². The van der Waals surface area contributed by atoms with Crippen LogP contribution in [0.4, 0.5) is 4.39 Å². The third-order valence-corrected chi connectivity index (χ3v) is 3.03. The van der Waals surface area contributed by atoms with Crippen LogP contribution in [0.2, 0.25) is 0 Å². The molecule has 0 bridgehead atoms. The van der Waals surface area contributed by atoms with Gasteiger partial charge in [-0.15, -0.1) is 0 Å². The van der Waals surface area contributed by atoms with E-state index in [2.05, 4.69) is 0 Å². The number of rotatable bonds is 5. The van der Waals surface area contributed by atoms with E-state index in [1.807, 2.05) is 13.0 Å². The lowest BCUT2D eigenvalue weighted by atomic mass is 10.1. The van der Waals surface area contributed by atoms with Crippen LogP contribution in [0.5, 0.6) is 5.75 Å². The third kappa shape index (κ3) is 3.43. The third-order valence-electron chi connectivity index (χ3n) is 3.03. The number of benzene rings is 1. The highest BCUT2D eigenvalue weighted by atomic mass is 19.1. The van der Waals surface area contributed by atoms with Crippen molar-refractivity contribution >= 4 is 0 Å². The molecule has 0 spiro atoms. The summed E-state index contributed by atoms with van der Waals surface area (Å²) in [4.78, 5) is 0. The summed E-state index contributed by atoms with van der Waals surface area (Å²) < 4.78 is 24.8. The first-order chi connectivity index (χ1) is 8.66. The Balaban J connectivity index is 2.04. The lowest BCUT2D eigenvalue weighted by Gasteiger charge is -2.16. The van der Waals surface area contributed by atoms with Crippen LogP contribution < -0.4 is 10.5 Å². The Bertz CT molecular complexity index is 389. The second-order valence-electron chi connectivity index (χ2n) is 4.86. The first-order valence-corrected chi connectivity index (χ1v) is 6.44. The minimum atomic E-state index is -0.328. The molecule has 0 aromatic heterocycles. The van der Waals surface area contributed by atoms with Crippen LogP contribution >= 0.6 is 0 Å². The van der Waals surface area contributed by atoms with Crippen molar-refractivity contribution in [3.63, 3.8) is 0 Å². The van der Waals surface area contributed by atoms with Gasteiger partial charge >= 0.3 is 0 Å². The van der Waals surface area contributed by atoms with Crippen molar-refractivity contribution in [2.45, 2.75) is 38.3 Å². The summed E-state index contributed by atoms with van der Waals surface area (Å²) in [5.41, 5.74) is 6.58. The number of hydrogen-bond donors (Lipinski definition) is 1. The maximum Gasteiger partial charge on any atom is 0.165 e. The van der Waals surface area contributed by atoms with E-state index in [0.717, 1.165) is 25.0 Å². The van der Waals surface area contributed by atoms with Crippen molar-refractivity contribution in [1.82, 2.24) is 0 Å². The largest absolute Gasteiger partial charge is 0.488 e. The van der Waals surface area contributed by atoms with E-state index in [1.165, 1.54) is 6.07 Å². The minimum absolute atomic E-state index is 0.0168. The fourth-order valence-electron chi connectivity index (χ4n) is 2.17. The molecule has 1 aliphatic rings. The van der Waals surface area contributed by atoms with E-state index >= 15 is 0 Å². The van der Waals surface area contributed by atoms with Gasteiger partial charge < -0.3 is 15.2 Å². The van der Waals surface area contributed by atoms with E-state index in [4.69, 9.17) is 15.2 Å². The van der Waals surface area contributed by atoms with Crippen LogP contribution in [0.15, 0.2) is 18.2 Å². The summed E-state index contributed by atoms with van der Waals surface area (Å²) in [6.45, 7) is 3.08. The summed E-state index contributed by atoms with van der Waals surface area (Å²) >= 11 is 0. The van der Waals surface area contributed by atoms with Gasteiger partial charge in [-0.3, -0.25) is 0 Å². The number of halogens is 1. The van der Waals surface area contributed by atoms with Gasteiger partial charge in [0, 0.05) is 12.6 Å². The van der Waals surface area contributed by atoms with Gasteiger partial charge in [0.15, 0.2) is 11.6 Å². The Morgan fingerprint density at radius 1 is 1.56 bits per heavy atom. The van der Waals surface area contributed by atoms with Crippen molar-refractivity contribution < 1.29 is 13.9 Å². The van der Waals surface area contributed by atoms with E-state index in [0.29, 0.717) is 18.8 Å². The topological polar surface area (TPSA) is 44.5 Å². The van der Waals surface area contributed by atoms with Gasteiger partial charge in [-0.2, -0.15) is 0 Å². The monoisotopic (exact) mass is 253 g/mol. The maximum absolute atomic E-state index is 13.8. The Hall–Kier alpha value is -1.13. The van der Waals surface area contributed by atoms with E-state index in [-0.39, 0.29) is 18.0 Å². The summed E-state index contributed by atoms with van der Waals surface area (Å²) in [7, 11) is 0. The van der Waals surface area contributed by atoms with Gasteiger partial charge in [-0.25, -0.2) is 4.39 Å². The van der Waals surface area contributed by atoms with E-state index in [1.54, 1.807) is 6.07 Å². The van der Waals surface area contributed by atoms with Gasteiger partial charge in [-0.05, 0) is 37.8 Å². The molecule has 1 aromatic carbocycles. The SMILES string of the molecule is CC(N)Cc1cccc(F)c1OCC1CCCO1. The van der Waals surface area contributed by atoms with Crippen molar-refractivity contribution in [2.24, 2.45) is 5.73 Å². The van der Waals surface area contributed by atoms with Crippen LogP contribution in [0.1, 0.15) is 25.3 Å². The molecule has 1 saturated heterocycles. The van der Waals surface area contributed by atoms with Crippen molar-refractivity contribution in [3.05, 3.63) is 29.6 Å². The lowest BCUT2D eigenvalue weighted by molar-refractivity contribution is 0.0662. The molecule has 2 unspecified atom stereocenters. The molecule has 2 rings (SSSR count). The lowest BCUT2D eigenvalue weighted by Crippen LogP contribution is -2.20. The molecule has 1 heterocycles. The summed E-state index contributed by atoms with van der Waals surface area (Å²) in [6.07, 6.45) is 2.74.